The van der Waals surface area contributed by atoms with Crippen molar-refractivity contribution < 1.29 is 0 Å². The van der Waals surface area contributed by atoms with E-state index >= 15 is 0 Å². The number of aryl methyl sites for hydroxylation is 1. The maximum absolute atomic E-state index is 4.36. The Morgan fingerprint density at radius 1 is 1.18 bits per heavy atom. The molecule has 1 aromatic heterocycles. The zero-order valence-electron chi connectivity index (χ0n) is 11.3. The fourth-order valence-corrected chi connectivity index (χ4v) is 2.12. The number of aromatic nitrogens is 1. The molecule has 96 valence electrons. The number of rotatable bonds is 9. The molecular weight excluding hydrogens is 208 g/mol. The molecule has 1 unspecified atom stereocenters. The summed E-state index contributed by atoms with van der Waals surface area (Å²) >= 11 is 0. The lowest BCUT2D eigenvalue weighted by Gasteiger charge is -2.17. The van der Waals surface area contributed by atoms with Gasteiger partial charge in [-0.1, -0.05) is 26.3 Å². The molecule has 1 N–H and O–H groups in total. The lowest BCUT2D eigenvalue weighted by molar-refractivity contribution is 0.437. The predicted molar refractivity (Wildman–Crippen MR) is 74.2 cm³/mol. The Labute approximate surface area is 106 Å². The summed E-state index contributed by atoms with van der Waals surface area (Å²) in [7, 11) is 0. The lowest BCUT2D eigenvalue weighted by atomic mass is 10.0. The van der Waals surface area contributed by atoms with Crippen LogP contribution in [0.5, 0.6) is 0 Å². The average molecular weight is 234 g/mol. The minimum Gasteiger partial charge on any atom is -0.314 e. The van der Waals surface area contributed by atoms with Crippen LogP contribution in [0.2, 0.25) is 0 Å². The zero-order chi connectivity index (χ0) is 12.3. The zero-order valence-corrected chi connectivity index (χ0v) is 11.3. The van der Waals surface area contributed by atoms with Crippen molar-refractivity contribution in [2.45, 2.75) is 58.4 Å². The molecule has 0 saturated heterocycles. The van der Waals surface area contributed by atoms with Crippen LogP contribution in [0.1, 0.15) is 51.6 Å². The van der Waals surface area contributed by atoms with Crippen LogP contribution in [0, 0.1) is 0 Å². The smallest absolute Gasteiger partial charge is 0.0403 e. The largest absolute Gasteiger partial charge is 0.314 e. The molecule has 0 saturated carbocycles. The first-order valence-corrected chi connectivity index (χ1v) is 7.00. The van der Waals surface area contributed by atoms with Crippen LogP contribution >= 0.6 is 0 Å². The van der Waals surface area contributed by atoms with Gasteiger partial charge in [0.25, 0.3) is 0 Å². The fourth-order valence-electron chi connectivity index (χ4n) is 2.12. The number of hydrogen-bond donors (Lipinski definition) is 1. The summed E-state index contributed by atoms with van der Waals surface area (Å²) < 4.78 is 0. The third kappa shape index (κ3) is 6.42. The normalized spacial score (nSPS) is 12.6. The number of pyridine rings is 1. The first-order chi connectivity index (χ1) is 8.36. The van der Waals surface area contributed by atoms with Crippen LogP contribution in [0.25, 0.3) is 0 Å². The molecule has 0 fully saturated rings. The number of hydrogen-bond acceptors (Lipinski definition) is 2. The van der Waals surface area contributed by atoms with E-state index in [4.69, 9.17) is 0 Å². The van der Waals surface area contributed by atoms with Gasteiger partial charge >= 0.3 is 0 Å². The Kier molecular flexibility index (Phi) is 7.65. The summed E-state index contributed by atoms with van der Waals surface area (Å²) in [5, 5.41) is 3.64. The highest BCUT2D eigenvalue weighted by Crippen LogP contribution is 2.08. The first-order valence-electron chi connectivity index (χ1n) is 7.00. The molecule has 2 heteroatoms. The Morgan fingerprint density at radius 2 is 2.06 bits per heavy atom. The number of nitrogens with zero attached hydrogens (tertiary/aromatic N) is 1. The predicted octanol–water partition coefficient (Wildman–Crippen LogP) is 3.57. The molecule has 0 aliphatic heterocycles. The van der Waals surface area contributed by atoms with Crippen LogP contribution in [0.4, 0.5) is 0 Å². The highest BCUT2D eigenvalue weighted by Gasteiger charge is 2.06. The van der Waals surface area contributed by atoms with Gasteiger partial charge in [-0.25, -0.2) is 0 Å². The highest BCUT2D eigenvalue weighted by atomic mass is 14.9. The van der Waals surface area contributed by atoms with Crippen molar-refractivity contribution in [2.75, 3.05) is 6.54 Å². The van der Waals surface area contributed by atoms with Crippen LogP contribution in [0.3, 0.4) is 0 Å². The van der Waals surface area contributed by atoms with Gasteiger partial charge in [0.2, 0.25) is 0 Å². The molecule has 1 atom stereocenters. The maximum atomic E-state index is 4.36. The quantitative estimate of drug-likeness (QED) is 0.706. The van der Waals surface area contributed by atoms with E-state index in [1.807, 2.05) is 12.3 Å². The number of nitrogens with one attached hydrogen (secondary N) is 1. The van der Waals surface area contributed by atoms with Crippen molar-refractivity contribution in [2.24, 2.45) is 0 Å². The summed E-state index contributed by atoms with van der Waals surface area (Å²) in [6.07, 6.45) is 9.28. The van der Waals surface area contributed by atoms with Gasteiger partial charge in [-0.2, -0.15) is 0 Å². The van der Waals surface area contributed by atoms with Crippen molar-refractivity contribution in [1.82, 2.24) is 10.3 Å². The molecule has 1 heterocycles. The Hall–Kier alpha value is -0.890. The third-order valence-electron chi connectivity index (χ3n) is 3.03. The van der Waals surface area contributed by atoms with E-state index in [1.54, 1.807) is 0 Å². The monoisotopic (exact) mass is 234 g/mol. The summed E-state index contributed by atoms with van der Waals surface area (Å²) in [6.45, 7) is 5.64. The van der Waals surface area contributed by atoms with E-state index in [-0.39, 0.29) is 0 Å². The molecule has 2 nitrogen and oxygen atoms in total. The second-order valence-electron chi connectivity index (χ2n) is 4.65. The van der Waals surface area contributed by atoms with E-state index in [0.29, 0.717) is 6.04 Å². The van der Waals surface area contributed by atoms with Crippen molar-refractivity contribution in [3.8, 4) is 0 Å². The molecule has 1 aromatic rings. The lowest BCUT2D eigenvalue weighted by Crippen LogP contribution is -2.29. The Morgan fingerprint density at radius 3 is 2.71 bits per heavy atom. The first kappa shape index (κ1) is 14.2. The van der Waals surface area contributed by atoms with Gasteiger partial charge in [-0.05, 0) is 50.8 Å². The van der Waals surface area contributed by atoms with Crippen molar-refractivity contribution in [3.05, 3.63) is 30.1 Å². The Bertz CT molecular complexity index is 272. The molecule has 0 spiro atoms. The average Bonchev–Trinajstić information content (AvgIpc) is 2.37. The van der Waals surface area contributed by atoms with Gasteiger partial charge in [0.1, 0.15) is 0 Å². The van der Waals surface area contributed by atoms with Crippen molar-refractivity contribution in [1.29, 1.82) is 0 Å². The minimum atomic E-state index is 0.698. The van der Waals surface area contributed by atoms with Crippen molar-refractivity contribution in [3.63, 3.8) is 0 Å². The minimum absolute atomic E-state index is 0.698. The molecule has 1 rings (SSSR count). The molecule has 0 bridgehead atoms. The SMILES string of the molecule is CCCNC(CCC)CCCc1ccccn1. The van der Waals surface area contributed by atoms with Gasteiger partial charge in [0.15, 0.2) is 0 Å². The summed E-state index contributed by atoms with van der Waals surface area (Å²) in [5.74, 6) is 0. The molecule has 17 heavy (non-hydrogen) atoms. The van der Waals surface area contributed by atoms with E-state index in [2.05, 4.69) is 36.3 Å². The van der Waals surface area contributed by atoms with E-state index in [1.165, 1.54) is 37.8 Å². The maximum Gasteiger partial charge on any atom is 0.0403 e. The molecule has 0 aromatic carbocycles. The topological polar surface area (TPSA) is 24.9 Å². The molecule has 0 amide bonds. The molecular formula is C15H26N2. The standard InChI is InChI=1S/C15H26N2/c1-3-8-14(16-12-4-2)10-7-11-15-9-5-6-13-17-15/h5-6,9,13-14,16H,3-4,7-8,10-12H2,1-2H3. The summed E-state index contributed by atoms with van der Waals surface area (Å²) in [6, 6.07) is 6.87. The summed E-state index contributed by atoms with van der Waals surface area (Å²) in [5.41, 5.74) is 1.22. The van der Waals surface area contributed by atoms with Crippen LogP contribution in [-0.4, -0.2) is 17.6 Å². The van der Waals surface area contributed by atoms with Gasteiger partial charge in [-0.15, -0.1) is 0 Å². The van der Waals surface area contributed by atoms with Crippen LogP contribution in [0.15, 0.2) is 24.4 Å². The summed E-state index contributed by atoms with van der Waals surface area (Å²) in [4.78, 5) is 4.36. The second kappa shape index (κ2) is 9.17. The Balaban J connectivity index is 2.22. The van der Waals surface area contributed by atoms with Gasteiger partial charge < -0.3 is 5.32 Å². The molecule has 0 aliphatic carbocycles. The van der Waals surface area contributed by atoms with Crippen LogP contribution in [-0.2, 0) is 6.42 Å². The highest BCUT2D eigenvalue weighted by molar-refractivity contribution is 5.03. The van der Waals surface area contributed by atoms with Gasteiger partial charge in [0.05, 0.1) is 0 Å². The van der Waals surface area contributed by atoms with Crippen molar-refractivity contribution >= 4 is 0 Å². The van der Waals surface area contributed by atoms with E-state index in [0.717, 1.165) is 13.0 Å². The molecule has 0 aliphatic rings. The van der Waals surface area contributed by atoms with Gasteiger partial charge in [0, 0.05) is 17.9 Å². The van der Waals surface area contributed by atoms with Crippen LogP contribution < -0.4 is 5.32 Å². The fraction of sp³-hybridized carbons (Fsp3) is 0.667. The van der Waals surface area contributed by atoms with Gasteiger partial charge in [-0.3, -0.25) is 4.98 Å². The third-order valence-corrected chi connectivity index (χ3v) is 3.03. The molecule has 0 radical (unpaired) electrons. The van der Waals surface area contributed by atoms with E-state index in [9.17, 15) is 0 Å². The second-order valence-corrected chi connectivity index (χ2v) is 4.65. The van der Waals surface area contributed by atoms with E-state index < -0.39 is 0 Å².